The van der Waals surface area contributed by atoms with Gasteiger partial charge in [-0.1, -0.05) is 0 Å². The molecule has 0 fully saturated rings. The smallest absolute Gasteiger partial charge is 0.0122 e. The fraction of sp³-hybridized carbons (Fsp3) is 0.778. The lowest BCUT2D eigenvalue weighted by molar-refractivity contribution is 0.384. The first-order valence-corrected chi connectivity index (χ1v) is 3.75. The third-order valence-corrected chi connectivity index (χ3v) is 1.80. The first-order valence-electron chi connectivity index (χ1n) is 3.75. The van der Waals surface area contributed by atoms with Crippen LogP contribution in [-0.2, 0) is 0 Å². The van der Waals surface area contributed by atoms with Gasteiger partial charge in [0.1, 0.15) is 0 Å². The lowest BCUT2D eigenvalue weighted by atomic mass is 9.98. The Morgan fingerprint density at radius 2 is 2.10 bits per heavy atom. The molecule has 58 valence electrons. The molecule has 0 aromatic heterocycles. The summed E-state index contributed by atoms with van der Waals surface area (Å²) in [6.45, 7) is 4.37. The van der Waals surface area contributed by atoms with Crippen LogP contribution in [0.25, 0.3) is 0 Å². The van der Waals surface area contributed by atoms with E-state index in [1.165, 1.54) is 0 Å². The van der Waals surface area contributed by atoms with E-state index in [1.54, 1.807) is 0 Å². The fourth-order valence-corrected chi connectivity index (χ4v) is 0.757. The Morgan fingerprint density at radius 1 is 1.50 bits per heavy atom. The van der Waals surface area contributed by atoms with Crippen molar-refractivity contribution in [3.63, 3.8) is 0 Å². The lowest BCUT2D eigenvalue weighted by Crippen LogP contribution is -2.35. The van der Waals surface area contributed by atoms with E-state index in [9.17, 15) is 0 Å². The molecular weight excluding hydrogens is 122 g/mol. The van der Waals surface area contributed by atoms with Crippen molar-refractivity contribution >= 4 is 0 Å². The highest BCUT2D eigenvalue weighted by Crippen LogP contribution is 2.10. The number of unbranched alkanes of at least 4 members (excludes halogenated alkanes) is 1. The zero-order valence-corrected chi connectivity index (χ0v) is 7.20. The van der Waals surface area contributed by atoms with Gasteiger partial charge < -0.3 is 5.32 Å². The van der Waals surface area contributed by atoms with Gasteiger partial charge in [-0.2, -0.15) is 0 Å². The van der Waals surface area contributed by atoms with Gasteiger partial charge in [-0.15, -0.1) is 12.3 Å². The van der Waals surface area contributed by atoms with Crippen molar-refractivity contribution in [2.45, 2.75) is 38.6 Å². The summed E-state index contributed by atoms with van der Waals surface area (Å²) < 4.78 is 0. The van der Waals surface area contributed by atoms with Crippen molar-refractivity contribution in [2.75, 3.05) is 7.05 Å². The summed E-state index contributed by atoms with van der Waals surface area (Å²) in [6.07, 6.45) is 8.28. The van der Waals surface area contributed by atoms with Crippen LogP contribution < -0.4 is 5.32 Å². The maximum atomic E-state index is 5.13. The van der Waals surface area contributed by atoms with Crippen LogP contribution in [0.3, 0.4) is 0 Å². The maximum absolute atomic E-state index is 5.13. The second-order valence-electron chi connectivity index (χ2n) is 3.19. The molecule has 1 heteroatoms. The van der Waals surface area contributed by atoms with E-state index in [0.29, 0.717) is 0 Å². The van der Waals surface area contributed by atoms with Gasteiger partial charge in [0.15, 0.2) is 0 Å². The number of rotatable bonds is 4. The zero-order chi connectivity index (χ0) is 8.04. The summed E-state index contributed by atoms with van der Waals surface area (Å²) in [4.78, 5) is 0. The Hall–Kier alpha value is -0.480. The molecule has 0 saturated carbocycles. The largest absolute Gasteiger partial charge is 0.315 e. The highest BCUT2D eigenvalue weighted by Gasteiger charge is 2.12. The first kappa shape index (κ1) is 9.52. The van der Waals surface area contributed by atoms with Gasteiger partial charge in [-0.25, -0.2) is 0 Å². The van der Waals surface area contributed by atoms with E-state index in [0.717, 1.165) is 19.3 Å². The molecule has 10 heavy (non-hydrogen) atoms. The zero-order valence-electron chi connectivity index (χ0n) is 7.20. The molecule has 0 amide bonds. The molecule has 0 radical (unpaired) electrons. The van der Waals surface area contributed by atoms with Crippen LogP contribution in [0.4, 0.5) is 0 Å². The van der Waals surface area contributed by atoms with Crippen LogP contribution >= 0.6 is 0 Å². The van der Waals surface area contributed by atoms with Crippen molar-refractivity contribution in [3.05, 3.63) is 0 Å². The van der Waals surface area contributed by atoms with Gasteiger partial charge in [0, 0.05) is 12.0 Å². The average Bonchev–Trinajstić information content (AvgIpc) is 1.89. The second kappa shape index (κ2) is 4.35. The van der Waals surface area contributed by atoms with Crippen molar-refractivity contribution in [3.8, 4) is 12.3 Å². The molecular formula is C9H17N. The lowest BCUT2D eigenvalue weighted by Gasteiger charge is -2.23. The monoisotopic (exact) mass is 139 g/mol. The van der Waals surface area contributed by atoms with Gasteiger partial charge in [0.05, 0.1) is 0 Å². The number of hydrogen-bond donors (Lipinski definition) is 1. The van der Waals surface area contributed by atoms with Crippen molar-refractivity contribution < 1.29 is 0 Å². The SMILES string of the molecule is C#CCCCC(C)(C)NC. The summed E-state index contributed by atoms with van der Waals surface area (Å²) in [5.74, 6) is 2.64. The minimum absolute atomic E-state index is 0.247. The molecule has 0 aliphatic heterocycles. The molecule has 1 N–H and O–H groups in total. The molecule has 0 bridgehead atoms. The highest BCUT2D eigenvalue weighted by atomic mass is 14.9. The van der Waals surface area contributed by atoms with Gasteiger partial charge in [0.25, 0.3) is 0 Å². The van der Waals surface area contributed by atoms with Gasteiger partial charge >= 0.3 is 0 Å². The van der Waals surface area contributed by atoms with E-state index < -0.39 is 0 Å². The summed E-state index contributed by atoms with van der Waals surface area (Å²) in [6, 6.07) is 0. The molecule has 0 rings (SSSR count). The summed E-state index contributed by atoms with van der Waals surface area (Å²) in [7, 11) is 1.98. The van der Waals surface area contributed by atoms with Crippen molar-refractivity contribution in [1.82, 2.24) is 5.32 Å². The van der Waals surface area contributed by atoms with Gasteiger partial charge in [0.2, 0.25) is 0 Å². The minimum atomic E-state index is 0.247. The van der Waals surface area contributed by atoms with E-state index >= 15 is 0 Å². The third kappa shape index (κ3) is 4.40. The van der Waals surface area contributed by atoms with E-state index in [1.807, 2.05) is 7.05 Å². The van der Waals surface area contributed by atoms with Gasteiger partial charge in [-0.3, -0.25) is 0 Å². The summed E-state index contributed by atoms with van der Waals surface area (Å²) in [5, 5.41) is 3.23. The normalized spacial score (nSPS) is 11.0. The molecule has 0 spiro atoms. The molecule has 0 aliphatic carbocycles. The molecule has 0 aromatic carbocycles. The minimum Gasteiger partial charge on any atom is -0.315 e. The molecule has 0 aliphatic rings. The predicted octanol–water partition coefficient (Wildman–Crippen LogP) is 1.79. The molecule has 0 heterocycles. The standard InChI is InChI=1S/C9H17N/c1-5-6-7-8-9(2,3)10-4/h1,10H,6-8H2,2-4H3. The molecule has 0 unspecified atom stereocenters. The Bertz CT molecular complexity index is 119. The number of terminal acetylenes is 1. The predicted molar refractivity (Wildman–Crippen MR) is 45.8 cm³/mol. The van der Waals surface area contributed by atoms with Gasteiger partial charge in [-0.05, 0) is 33.7 Å². The van der Waals surface area contributed by atoms with E-state index in [4.69, 9.17) is 6.42 Å². The van der Waals surface area contributed by atoms with Crippen molar-refractivity contribution in [2.24, 2.45) is 0 Å². The Labute approximate surface area is 64.2 Å². The third-order valence-electron chi connectivity index (χ3n) is 1.80. The summed E-state index contributed by atoms with van der Waals surface area (Å²) >= 11 is 0. The quantitative estimate of drug-likeness (QED) is 0.462. The van der Waals surface area contributed by atoms with Crippen LogP contribution in [0.15, 0.2) is 0 Å². The molecule has 0 atom stereocenters. The number of hydrogen-bond acceptors (Lipinski definition) is 1. The highest BCUT2D eigenvalue weighted by molar-refractivity contribution is 4.85. The van der Waals surface area contributed by atoms with Crippen LogP contribution in [0.1, 0.15) is 33.1 Å². The average molecular weight is 139 g/mol. The first-order chi connectivity index (χ1) is 4.62. The molecule has 0 saturated heterocycles. The fourth-order valence-electron chi connectivity index (χ4n) is 0.757. The van der Waals surface area contributed by atoms with Crippen LogP contribution in [0.5, 0.6) is 0 Å². The van der Waals surface area contributed by atoms with Crippen molar-refractivity contribution in [1.29, 1.82) is 0 Å². The second-order valence-corrected chi connectivity index (χ2v) is 3.19. The summed E-state index contributed by atoms with van der Waals surface area (Å²) in [5.41, 5.74) is 0.247. The Kier molecular flexibility index (Phi) is 4.14. The Morgan fingerprint density at radius 3 is 2.50 bits per heavy atom. The molecule has 0 aromatic rings. The Balaban J connectivity index is 3.39. The van der Waals surface area contributed by atoms with E-state index in [2.05, 4.69) is 25.1 Å². The maximum Gasteiger partial charge on any atom is 0.0122 e. The van der Waals surface area contributed by atoms with Crippen LogP contribution in [0, 0.1) is 12.3 Å². The van der Waals surface area contributed by atoms with Crippen LogP contribution in [-0.4, -0.2) is 12.6 Å². The van der Waals surface area contributed by atoms with E-state index in [-0.39, 0.29) is 5.54 Å². The van der Waals surface area contributed by atoms with Crippen LogP contribution in [0.2, 0.25) is 0 Å². The number of nitrogens with one attached hydrogen (secondary N) is 1. The molecule has 1 nitrogen and oxygen atoms in total. The topological polar surface area (TPSA) is 12.0 Å².